The van der Waals surface area contributed by atoms with Crippen LogP contribution in [0.5, 0.6) is 23.0 Å². The highest BCUT2D eigenvalue weighted by Gasteiger charge is 2.65. The molecule has 0 unspecified atom stereocenters. The van der Waals surface area contributed by atoms with Crippen LogP contribution in [0.15, 0.2) is 66.9 Å². The highest BCUT2D eigenvalue weighted by atomic mass is 19.4. The number of halogens is 5. The van der Waals surface area contributed by atoms with Crippen molar-refractivity contribution in [2.75, 3.05) is 30.8 Å². The number of carbonyl (C=O) groups is 3. The summed E-state index contributed by atoms with van der Waals surface area (Å²) in [6.45, 7) is 3.29. The van der Waals surface area contributed by atoms with Gasteiger partial charge in [-0.25, -0.2) is 8.78 Å². The van der Waals surface area contributed by atoms with E-state index < -0.39 is 53.0 Å². The molecule has 2 atom stereocenters. The van der Waals surface area contributed by atoms with Gasteiger partial charge in [-0.05, 0) is 53.9 Å². The molecular weight excluding hydrogens is 679 g/mol. The second kappa shape index (κ2) is 13.7. The summed E-state index contributed by atoms with van der Waals surface area (Å²) in [5.74, 6) is -4.71. The Morgan fingerprint density at radius 3 is 2.06 bits per heavy atom. The van der Waals surface area contributed by atoms with Crippen molar-refractivity contribution in [2.45, 2.75) is 39.0 Å². The monoisotopic (exact) mass is 712 g/mol. The van der Waals surface area contributed by atoms with E-state index in [1.165, 1.54) is 55.8 Å². The van der Waals surface area contributed by atoms with Gasteiger partial charge in [-0.2, -0.15) is 13.2 Å². The normalized spacial score (nSPS) is 18.5. The third-order valence-electron chi connectivity index (χ3n) is 9.18. The molecule has 6 rings (SSSR count). The number of rotatable bonds is 9. The Labute approximate surface area is 288 Å². The minimum atomic E-state index is -4.95. The molecule has 1 aromatic heterocycles. The quantitative estimate of drug-likeness (QED) is 0.178. The molecule has 15 heteroatoms. The lowest BCUT2D eigenvalue weighted by atomic mass is 10.1. The highest BCUT2D eigenvalue weighted by Crippen LogP contribution is 2.59. The van der Waals surface area contributed by atoms with Crippen LogP contribution >= 0.6 is 0 Å². The number of hydrogen-bond acceptors (Lipinski definition) is 7. The van der Waals surface area contributed by atoms with Crippen LogP contribution in [0.1, 0.15) is 26.7 Å². The lowest BCUT2D eigenvalue weighted by Gasteiger charge is -2.32. The van der Waals surface area contributed by atoms with Gasteiger partial charge in [0.2, 0.25) is 11.8 Å². The number of anilines is 2. The summed E-state index contributed by atoms with van der Waals surface area (Å²) in [7, 11) is 1.42. The van der Waals surface area contributed by atoms with Crippen LogP contribution in [0.4, 0.5) is 33.3 Å². The van der Waals surface area contributed by atoms with Crippen LogP contribution in [0, 0.1) is 28.9 Å². The number of amides is 3. The number of nitrogens with zero attached hydrogens (tertiary/aromatic N) is 2. The number of likely N-dealkylation sites (tertiary alicyclic amines) is 1. The molecule has 0 spiro atoms. The van der Waals surface area contributed by atoms with E-state index in [1.807, 2.05) is 0 Å². The lowest BCUT2D eigenvalue weighted by Crippen LogP contribution is -2.47. The Bertz CT molecular complexity index is 1980. The van der Waals surface area contributed by atoms with Crippen LogP contribution in [0.25, 0.3) is 10.9 Å². The zero-order valence-electron chi connectivity index (χ0n) is 27.6. The van der Waals surface area contributed by atoms with Crippen molar-refractivity contribution >= 4 is 40.0 Å². The maximum absolute atomic E-state index is 15.4. The van der Waals surface area contributed by atoms with Gasteiger partial charge < -0.3 is 29.7 Å². The van der Waals surface area contributed by atoms with E-state index in [0.717, 1.165) is 11.0 Å². The predicted molar refractivity (Wildman–Crippen MR) is 175 cm³/mol. The number of benzene rings is 3. The first-order valence-electron chi connectivity index (χ1n) is 16.0. The van der Waals surface area contributed by atoms with Crippen LogP contribution in [0.3, 0.4) is 0 Å². The molecule has 10 nitrogen and oxygen atoms in total. The number of ether oxygens (including phenoxy) is 3. The first-order valence-corrected chi connectivity index (χ1v) is 16.0. The molecule has 0 bridgehead atoms. The number of carbonyl (C=O) groups excluding carboxylic acids is 3. The van der Waals surface area contributed by atoms with Gasteiger partial charge in [0, 0.05) is 61.0 Å². The van der Waals surface area contributed by atoms with Crippen molar-refractivity contribution in [3.8, 4) is 23.0 Å². The number of aromatic nitrogens is 1. The number of hydrogen-bond donors (Lipinski definition) is 2. The summed E-state index contributed by atoms with van der Waals surface area (Å²) in [4.78, 5) is 42.7. The van der Waals surface area contributed by atoms with Gasteiger partial charge in [-0.1, -0.05) is 13.8 Å². The zero-order valence-corrected chi connectivity index (χ0v) is 27.6. The molecule has 1 aliphatic carbocycles. The third kappa shape index (κ3) is 7.51. The largest absolute Gasteiger partial charge is 0.493 e. The lowest BCUT2D eigenvalue weighted by molar-refractivity contribution is -0.187. The Hall–Kier alpha value is -5.47. The van der Waals surface area contributed by atoms with E-state index >= 15 is 4.39 Å². The molecule has 51 heavy (non-hydrogen) atoms. The molecule has 0 radical (unpaired) electrons. The summed E-state index contributed by atoms with van der Waals surface area (Å²) >= 11 is 0. The summed E-state index contributed by atoms with van der Waals surface area (Å²) in [5, 5.41) is 5.80. The molecule has 3 amide bonds. The Morgan fingerprint density at radius 2 is 1.45 bits per heavy atom. The van der Waals surface area contributed by atoms with Crippen LogP contribution in [-0.2, 0) is 14.4 Å². The first-order chi connectivity index (χ1) is 24.1. The Morgan fingerprint density at radius 1 is 0.824 bits per heavy atom. The molecule has 2 aliphatic rings. The standard InChI is InChI=1S/C36H33F5N4O6/c1-35(2)30(32(46)43-20-6-4-19(37)5-7-20)31(35)33(47)44-21-8-9-27(24(38)16-21)51-26-10-13-42-25-18-28(49-3)29(17-23(25)26)50-22-11-14-45(15-12-22)34(48)36(39,40)41/h4-10,13,16-18,22,30-31H,11-12,14-15H2,1-3H3,(H,43,46)(H,44,47)/t30-,31+/m0/s1. The fourth-order valence-corrected chi connectivity index (χ4v) is 6.37. The summed E-state index contributed by atoms with van der Waals surface area (Å²) in [6, 6.07) is 13.8. The second-order valence-electron chi connectivity index (χ2n) is 12.9. The van der Waals surface area contributed by atoms with Crippen molar-refractivity contribution in [3.05, 3.63) is 78.5 Å². The first kappa shape index (κ1) is 35.4. The van der Waals surface area contributed by atoms with Crippen molar-refractivity contribution < 1.29 is 50.5 Å². The number of methoxy groups -OCH3 is 1. The van der Waals surface area contributed by atoms with Gasteiger partial charge in [0.05, 0.1) is 24.5 Å². The Kier molecular flexibility index (Phi) is 9.49. The van der Waals surface area contributed by atoms with Crippen LogP contribution < -0.4 is 24.8 Å². The third-order valence-corrected chi connectivity index (χ3v) is 9.18. The zero-order chi connectivity index (χ0) is 36.7. The Balaban J connectivity index is 1.13. The van der Waals surface area contributed by atoms with Crippen molar-refractivity contribution in [1.29, 1.82) is 0 Å². The average molecular weight is 713 g/mol. The number of nitrogens with one attached hydrogen (secondary N) is 2. The average Bonchev–Trinajstić information content (AvgIpc) is 3.68. The second-order valence-corrected chi connectivity index (χ2v) is 12.9. The molecule has 4 aromatic rings. The number of piperidine rings is 1. The number of pyridine rings is 1. The molecule has 2 fully saturated rings. The van der Waals surface area contributed by atoms with E-state index in [4.69, 9.17) is 14.2 Å². The fourth-order valence-electron chi connectivity index (χ4n) is 6.37. The minimum Gasteiger partial charge on any atom is -0.493 e. The van der Waals surface area contributed by atoms with Crippen molar-refractivity contribution in [2.24, 2.45) is 17.3 Å². The SMILES string of the molecule is COc1cc2nccc(Oc3ccc(NC(=O)[C@H]4[C@@H](C(=O)Nc5ccc(F)cc5)C4(C)C)cc3F)c2cc1OC1CCN(C(=O)C(F)(F)F)CC1. The summed E-state index contributed by atoms with van der Waals surface area (Å²) in [6.07, 6.45) is -3.67. The van der Waals surface area contributed by atoms with E-state index in [0.29, 0.717) is 22.3 Å². The van der Waals surface area contributed by atoms with Crippen LogP contribution in [-0.4, -0.2) is 60.1 Å². The van der Waals surface area contributed by atoms with Crippen molar-refractivity contribution in [3.63, 3.8) is 0 Å². The predicted octanol–water partition coefficient (Wildman–Crippen LogP) is 7.10. The van der Waals surface area contributed by atoms with Gasteiger partial charge in [0.15, 0.2) is 23.1 Å². The maximum atomic E-state index is 15.4. The van der Waals surface area contributed by atoms with Gasteiger partial charge >= 0.3 is 12.1 Å². The summed E-state index contributed by atoms with van der Waals surface area (Å²) in [5.41, 5.74) is 0.297. The topological polar surface area (TPSA) is 119 Å². The molecule has 1 saturated carbocycles. The van der Waals surface area contributed by atoms with Gasteiger partial charge in [0.1, 0.15) is 17.7 Å². The number of fused-ring (bicyclic) bond motifs is 1. The van der Waals surface area contributed by atoms with E-state index in [9.17, 15) is 31.9 Å². The van der Waals surface area contributed by atoms with Gasteiger partial charge in [-0.15, -0.1) is 0 Å². The highest BCUT2D eigenvalue weighted by molar-refractivity contribution is 6.04. The van der Waals surface area contributed by atoms with E-state index in [2.05, 4.69) is 15.6 Å². The molecule has 268 valence electrons. The van der Waals surface area contributed by atoms with E-state index in [1.54, 1.807) is 26.0 Å². The number of alkyl halides is 3. The van der Waals surface area contributed by atoms with Crippen molar-refractivity contribution in [1.82, 2.24) is 9.88 Å². The minimum absolute atomic E-state index is 0.129. The molecule has 1 aliphatic heterocycles. The maximum Gasteiger partial charge on any atom is 0.471 e. The molecule has 2 N–H and O–H groups in total. The molecular formula is C36H33F5N4O6. The smallest absolute Gasteiger partial charge is 0.471 e. The molecule has 3 aromatic carbocycles. The van der Waals surface area contributed by atoms with Gasteiger partial charge in [0.25, 0.3) is 0 Å². The summed E-state index contributed by atoms with van der Waals surface area (Å²) < 4.78 is 84.7. The van der Waals surface area contributed by atoms with Gasteiger partial charge in [-0.3, -0.25) is 19.4 Å². The van der Waals surface area contributed by atoms with Crippen LogP contribution in [0.2, 0.25) is 0 Å². The molecule has 2 heterocycles. The van der Waals surface area contributed by atoms with E-state index in [-0.39, 0.29) is 54.8 Å². The fraction of sp³-hybridized carbons (Fsp3) is 0.333. The molecule has 1 saturated heterocycles.